The molecular formula is C20H22N4O4. The van der Waals surface area contributed by atoms with Crippen molar-refractivity contribution < 1.29 is 19.1 Å². The summed E-state index contributed by atoms with van der Waals surface area (Å²) in [7, 11) is 0. The molecule has 8 nitrogen and oxygen atoms in total. The molecule has 8 heteroatoms. The summed E-state index contributed by atoms with van der Waals surface area (Å²) in [5, 5.41) is 7.12. The van der Waals surface area contributed by atoms with Gasteiger partial charge in [-0.25, -0.2) is 4.68 Å². The van der Waals surface area contributed by atoms with E-state index >= 15 is 0 Å². The van der Waals surface area contributed by atoms with Gasteiger partial charge in [0, 0.05) is 24.6 Å². The van der Waals surface area contributed by atoms with Gasteiger partial charge >= 0.3 is 0 Å². The molecule has 1 saturated heterocycles. The molecule has 1 N–H and O–H groups in total. The van der Waals surface area contributed by atoms with Crippen molar-refractivity contribution in [3.05, 3.63) is 54.2 Å². The summed E-state index contributed by atoms with van der Waals surface area (Å²) in [6.07, 6.45) is 4.91. The van der Waals surface area contributed by atoms with Crippen LogP contribution in [-0.4, -0.2) is 52.3 Å². The van der Waals surface area contributed by atoms with Crippen LogP contribution in [0.25, 0.3) is 5.69 Å². The SMILES string of the molecule is CC1=C(C(=O)N2CCCC2C(=O)Nc2cccc(-n3cccn3)c2)OCCO1. The van der Waals surface area contributed by atoms with E-state index in [2.05, 4.69) is 10.4 Å². The van der Waals surface area contributed by atoms with Gasteiger partial charge in [0.1, 0.15) is 25.0 Å². The fraction of sp³-hybridized carbons (Fsp3) is 0.350. The predicted molar refractivity (Wildman–Crippen MR) is 102 cm³/mol. The molecule has 1 atom stereocenters. The van der Waals surface area contributed by atoms with Crippen LogP contribution in [0.2, 0.25) is 0 Å². The summed E-state index contributed by atoms with van der Waals surface area (Å²) >= 11 is 0. The molecule has 28 heavy (non-hydrogen) atoms. The van der Waals surface area contributed by atoms with Gasteiger partial charge in [-0.1, -0.05) is 6.07 Å². The highest BCUT2D eigenvalue weighted by Crippen LogP contribution is 2.24. The lowest BCUT2D eigenvalue weighted by Crippen LogP contribution is -2.44. The Hall–Kier alpha value is -3.29. The molecule has 1 aromatic carbocycles. The van der Waals surface area contributed by atoms with Crippen molar-refractivity contribution in [2.24, 2.45) is 0 Å². The van der Waals surface area contributed by atoms with Gasteiger partial charge in [-0.05, 0) is 44.0 Å². The summed E-state index contributed by atoms with van der Waals surface area (Å²) in [5.74, 6) is 0.166. The minimum absolute atomic E-state index is 0.201. The lowest BCUT2D eigenvalue weighted by atomic mass is 10.2. The van der Waals surface area contributed by atoms with Crippen LogP contribution in [0.4, 0.5) is 5.69 Å². The Kier molecular flexibility index (Phi) is 5.01. The van der Waals surface area contributed by atoms with E-state index in [1.807, 2.05) is 36.5 Å². The van der Waals surface area contributed by atoms with Gasteiger partial charge in [-0.3, -0.25) is 9.59 Å². The lowest BCUT2D eigenvalue weighted by molar-refractivity contribution is -0.137. The minimum atomic E-state index is -0.535. The van der Waals surface area contributed by atoms with Crippen molar-refractivity contribution in [1.29, 1.82) is 0 Å². The zero-order chi connectivity index (χ0) is 19.5. The van der Waals surface area contributed by atoms with Gasteiger partial charge in [0.25, 0.3) is 5.91 Å². The topological polar surface area (TPSA) is 85.7 Å². The largest absolute Gasteiger partial charge is 0.491 e. The number of carbonyl (C=O) groups is 2. The second-order valence-corrected chi connectivity index (χ2v) is 6.73. The van der Waals surface area contributed by atoms with Crippen LogP contribution < -0.4 is 5.32 Å². The van der Waals surface area contributed by atoms with E-state index in [9.17, 15) is 9.59 Å². The van der Waals surface area contributed by atoms with Crippen LogP contribution in [-0.2, 0) is 19.1 Å². The van der Waals surface area contributed by atoms with Crippen LogP contribution in [0.15, 0.2) is 54.2 Å². The summed E-state index contributed by atoms with van der Waals surface area (Å²) in [6.45, 7) is 2.99. The number of hydrogen-bond donors (Lipinski definition) is 1. The van der Waals surface area contributed by atoms with E-state index in [1.54, 1.807) is 22.7 Å². The van der Waals surface area contributed by atoms with Gasteiger partial charge in [0.05, 0.1) is 5.69 Å². The molecule has 4 rings (SSSR count). The number of benzene rings is 1. The van der Waals surface area contributed by atoms with Gasteiger partial charge in [0.2, 0.25) is 11.7 Å². The molecule has 3 heterocycles. The van der Waals surface area contributed by atoms with Crippen molar-refractivity contribution in [3.63, 3.8) is 0 Å². The van der Waals surface area contributed by atoms with Crippen molar-refractivity contribution in [3.8, 4) is 5.69 Å². The third-order valence-electron chi connectivity index (χ3n) is 4.86. The van der Waals surface area contributed by atoms with E-state index in [4.69, 9.17) is 9.47 Å². The molecule has 2 aromatic rings. The molecule has 0 bridgehead atoms. The number of amides is 2. The minimum Gasteiger partial charge on any atom is -0.491 e. The number of allylic oxidation sites excluding steroid dienone is 1. The second-order valence-electron chi connectivity index (χ2n) is 6.73. The molecule has 0 aliphatic carbocycles. The molecule has 0 spiro atoms. The number of likely N-dealkylation sites (tertiary alicyclic amines) is 1. The Labute approximate surface area is 162 Å². The van der Waals surface area contributed by atoms with Crippen LogP contribution in [0.1, 0.15) is 19.8 Å². The molecule has 1 unspecified atom stereocenters. The summed E-state index contributed by atoms with van der Waals surface area (Å²) in [6, 6.07) is 8.72. The third kappa shape index (κ3) is 3.58. The van der Waals surface area contributed by atoms with Gasteiger partial charge < -0.3 is 19.7 Å². The molecular weight excluding hydrogens is 360 g/mol. The lowest BCUT2D eigenvalue weighted by Gasteiger charge is -2.27. The zero-order valence-electron chi connectivity index (χ0n) is 15.6. The molecule has 1 fully saturated rings. The van der Waals surface area contributed by atoms with Gasteiger partial charge in [-0.15, -0.1) is 0 Å². The van der Waals surface area contributed by atoms with E-state index in [-0.39, 0.29) is 17.6 Å². The van der Waals surface area contributed by atoms with E-state index in [0.717, 1.165) is 12.1 Å². The Morgan fingerprint density at radius 1 is 1.21 bits per heavy atom. The number of aromatic nitrogens is 2. The average Bonchev–Trinajstić information content (AvgIpc) is 3.40. The Bertz CT molecular complexity index is 907. The second kappa shape index (κ2) is 7.75. The van der Waals surface area contributed by atoms with E-state index < -0.39 is 6.04 Å². The van der Waals surface area contributed by atoms with Crippen LogP contribution >= 0.6 is 0 Å². The highest BCUT2D eigenvalue weighted by molar-refractivity contribution is 6.00. The fourth-order valence-corrected chi connectivity index (χ4v) is 3.50. The van der Waals surface area contributed by atoms with E-state index in [0.29, 0.717) is 37.6 Å². The fourth-order valence-electron chi connectivity index (χ4n) is 3.50. The summed E-state index contributed by atoms with van der Waals surface area (Å²) < 4.78 is 12.6. The average molecular weight is 382 g/mol. The molecule has 2 aliphatic heterocycles. The van der Waals surface area contributed by atoms with Gasteiger partial charge in [-0.2, -0.15) is 5.10 Å². The maximum atomic E-state index is 12.9. The standard InChI is InChI=1S/C20H22N4O4/c1-14-18(28-12-11-27-14)20(26)23-9-3-7-17(23)19(25)22-15-5-2-6-16(13-15)24-10-4-8-21-24/h2,4-6,8,10,13,17H,3,7,9,11-12H2,1H3,(H,22,25). The Morgan fingerprint density at radius 2 is 2.07 bits per heavy atom. The molecule has 1 aromatic heterocycles. The van der Waals surface area contributed by atoms with E-state index in [1.165, 1.54) is 0 Å². The first kappa shape index (κ1) is 18.1. The summed E-state index contributed by atoms with van der Waals surface area (Å²) in [5.41, 5.74) is 1.50. The number of hydrogen-bond acceptors (Lipinski definition) is 5. The van der Waals surface area contributed by atoms with Gasteiger partial charge in [0.15, 0.2) is 0 Å². The van der Waals surface area contributed by atoms with Crippen LogP contribution in [0.3, 0.4) is 0 Å². The number of ether oxygens (including phenoxy) is 2. The monoisotopic (exact) mass is 382 g/mol. The number of anilines is 1. The van der Waals surface area contributed by atoms with Crippen molar-refractivity contribution in [1.82, 2.24) is 14.7 Å². The maximum Gasteiger partial charge on any atom is 0.293 e. The Balaban J connectivity index is 1.48. The quantitative estimate of drug-likeness (QED) is 0.875. The molecule has 2 amide bonds. The molecule has 0 radical (unpaired) electrons. The highest BCUT2D eigenvalue weighted by atomic mass is 16.6. The molecule has 0 saturated carbocycles. The first-order chi connectivity index (χ1) is 13.6. The first-order valence-corrected chi connectivity index (χ1v) is 9.32. The highest BCUT2D eigenvalue weighted by Gasteiger charge is 2.37. The number of rotatable bonds is 4. The third-order valence-corrected chi connectivity index (χ3v) is 4.86. The van der Waals surface area contributed by atoms with Crippen molar-refractivity contribution >= 4 is 17.5 Å². The van der Waals surface area contributed by atoms with Crippen molar-refractivity contribution in [2.45, 2.75) is 25.8 Å². The van der Waals surface area contributed by atoms with Crippen LogP contribution in [0.5, 0.6) is 0 Å². The molecule has 146 valence electrons. The number of nitrogens with one attached hydrogen (secondary N) is 1. The predicted octanol–water partition coefficient (Wildman–Crippen LogP) is 2.08. The zero-order valence-corrected chi connectivity index (χ0v) is 15.6. The Morgan fingerprint density at radius 3 is 2.86 bits per heavy atom. The first-order valence-electron chi connectivity index (χ1n) is 9.32. The molecule has 2 aliphatic rings. The normalized spacial score (nSPS) is 19.2. The number of nitrogens with zero attached hydrogens (tertiary/aromatic N) is 3. The number of carbonyl (C=O) groups excluding carboxylic acids is 2. The maximum absolute atomic E-state index is 12.9. The van der Waals surface area contributed by atoms with Crippen molar-refractivity contribution in [2.75, 3.05) is 25.1 Å². The smallest absolute Gasteiger partial charge is 0.293 e. The summed E-state index contributed by atoms with van der Waals surface area (Å²) in [4.78, 5) is 27.3. The van der Waals surface area contributed by atoms with Crippen LogP contribution in [0, 0.1) is 0 Å².